The van der Waals surface area contributed by atoms with Gasteiger partial charge in [-0.1, -0.05) is 19.1 Å². The van der Waals surface area contributed by atoms with Crippen molar-refractivity contribution in [3.8, 4) is 0 Å². The molecule has 0 bridgehead atoms. The van der Waals surface area contributed by atoms with Crippen LogP contribution in [0.25, 0.3) is 0 Å². The number of halogens is 1. The van der Waals surface area contributed by atoms with Gasteiger partial charge >= 0.3 is 0 Å². The molecule has 116 valence electrons. The Labute approximate surface area is 134 Å². The van der Waals surface area contributed by atoms with Gasteiger partial charge in [-0.25, -0.2) is 9.38 Å². The molecule has 1 atom stereocenters. The number of hydrogen-bond donors (Lipinski definition) is 0. The number of aliphatic imine (C=N–C) groups is 1. The maximum Gasteiger partial charge on any atom is 0.233 e. The first-order valence-corrected chi connectivity index (χ1v) is 8.60. The maximum atomic E-state index is 13.0. The molecule has 0 spiro atoms. The molecule has 2 heterocycles. The zero-order valence-electron chi connectivity index (χ0n) is 12.5. The summed E-state index contributed by atoms with van der Waals surface area (Å²) in [5, 5.41) is 0. The molecule has 3 rings (SSSR count). The van der Waals surface area contributed by atoms with E-state index in [0.717, 1.165) is 22.8 Å². The van der Waals surface area contributed by atoms with Crippen LogP contribution in [0, 0.1) is 5.82 Å². The number of thioether (sulfide) groups is 1. The van der Waals surface area contributed by atoms with E-state index in [9.17, 15) is 4.39 Å². The second-order valence-corrected chi connectivity index (χ2v) is 6.53. The van der Waals surface area contributed by atoms with Gasteiger partial charge < -0.3 is 9.30 Å². The van der Waals surface area contributed by atoms with E-state index >= 15 is 0 Å². The van der Waals surface area contributed by atoms with E-state index in [2.05, 4.69) is 16.5 Å². The summed E-state index contributed by atoms with van der Waals surface area (Å²) in [6.45, 7) is 3.49. The predicted octanol–water partition coefficient (Wildman–Crippen LogP) is 3.57. The Balaban J connectivity index is 1.73. The molecule has 5 heteroatoms. The summed E-state index contributed by atoms with van der Waals surface area (Å²) in [5.41, 5.74) is 2.03. The summed E-state index contributed by atoms with van der Waals surface area (Å²) in [6, 6.07) is 10.8. The van der Waals surface area contributed by atoms with Crippen LogP contribution in [0.4, 0.5) is 4.39 Å². The highest BCUT2D eigenvalue weighted by molar-refractivity contribution is 7.99. The summed E-state index contributed by atoms with van der Waals surface area (Å²) < 4.78 is 20.8. The lowest BCUT2D eigenvalue weighted by molar-refractivity contribution is 0.323. The fourth-order valence-electron chi connectivity index (χ4n) is 2.43. The normalized spacial score (nSPS) is 17.4. The largest absolute Gasteiger partial charge is 0.474 e. The van der Waals surface area contributed by atoms with Crippen LogP contribution in [0.3, 0.4) is 0 Å². The smallest absolute Gasteiger partial charge is 0.233 e. The topological polar surface area (TPSA) is 26.5 Å². The number of aromatic nitrogens is 1. The Kier molecular flexibility index (Phi) is 4.83. The number of nitrogens with zero attached hydrogens (tertiary/aromatic N) is 2. The third-order valence-electron chi connectivity index (χ3n) is 3.54. The monoisotopic (exact) mass is 318 g/mol. The Morgan fingerprint density at radius 3 is 2.91 bits per heavy atom. The van der Waals surface area contributed by atoms with Crippen LogP contribution in [0.5, 0.6) is 0 Å². The third-order valence-corrected chi connectivity index (χ3v) is 4.57. The quantitative estimate of drug-likeness (QED) is 0.814. The van der Waals surface area contributed by atoms with Crippen molar-refractivity contribution in [2.24, 2.45) is 4.99 Å². The minimum absolute atomic E-state index is 0.212. The standard InChI is InChI=1S/C17H19FN2OS/c1-2-22-12-15-11-21-17(19-15)16-4-3-9-20(16)10-13-5-7-14(18)8-6-13/h3-9,15H,2,10-12H2,1H3. The zero-order valence-corrected chi connectivity index (χ0v) is 13.4. The predicted molar refractivity (Wildman–Crippen MR) is 89.2 cm³/mol. The second kappa shape index (κ2) is 7.01. The molecule has 0 aliphatic carbocycles. The molecule has 1 aliphatic heterocycles. The maximum absolute atomic E-state index is 13.0. The first-order valence-electron chi connectivity index (χ1n) is 7.44. The van der Waals surface area contributed by atoms with Crippen LogP contribution in [0.15, 0.2) is 47.6 Å². The van der Waals surface area contributed by atoms with Crippen molar-refractivity contribution in [2.75, 3.05) is 18.1 Å². The Morgan fingerprint density at radius 2 is 2.14 bits per heavy atom. The van der Waals surface area contributed by atoms with Crippen LogP contribution in [0.2, 0.25) is 0 Å². The van der Waals surface area contributed by atoms with Crippen LogP contribution in [-0.2, 0) is 11.3 Å². The molecular formula is C17H19FN2OS. The van der Waals surface area contributed by atoms with Crippen molar-refractivity contribution in [1.29, 1.82) is 0 Å². The zero-order chi connectivity index (χ0) is 15.4. The van der Waals surface area contributed by atoms with E-state index in [1.165, 1.54) is 12.1 Å². The Hall–Kier alpha value is -1.75. The average molecular weight is 318 g/mol. The molecule has 0 amide bonds. The molecular weight excluding hydrogens is 299 g/mol. The van der Waals surface area contributed by atoms with Gasteiger partial charge in [-0.3, -0.25) is 0 Å². The molecule has 0 fully saturated rings. The molecule has 22 heavy (non-hydrogen) atoms. The van der Waals surface area contributed by atoms with E-state index in [1.807, 2.05) is 30.1 Å². The molecule has 2 aromatic rings. The third kappa shape index (κ3) is 3.53. The molecule has 0 N–H and O–H groups in total. The summed E-state index contributed by atoms with van der Waals surface area (Å²) in [4.78, 5) is 4.68. The minimum atomic E-state index is -0.212. The van der Waals surface area contributed by atoms with Crippen LogP contribution in [-0.4, -0.2) is 34.6 Å². The summed E-state index contributed by atoms with van der Waals surface area (Å²) in [5.74, 6) is 2.60. The fraction of sp³-hybridized carbons (Fsp3) is 0.353. The second-order valence-electron chi connectivity index (χ2n) is 5.21. The van der Waals surface area contributed by atoms with E-state index in [4.69, 9.17) is 4.74 Å². The highest BCUT2D eigenvalue weighted by atomic mass is 32.2. The van der Waals surface area contributed by atoms with Gasteiger partial charge in [0.25, 0.3) is 0 Å². The lowest BCUT2D eigenvalue weighted by Gasteiger charge is -2.09. The SMILES string of the molecule is CCSCC1COC(c2cccn2Cc2ccc(F)cc2)=N1. The number of ether oxygens (including phenoxy) is 1. The summed E-state index contributed by atoms with van der Waals surface area (Å²) in [6.07, 6.45) is 2.00. The van der Waals surface area contributed by atoms with Crippen molar-refractivity contribution in [2.45, 2.75) is 19.5 Å². The average Bonchev–Trinajstić information content (AvgIpc) is 3.16. The van der Waals surface area contributed by atoms with E-state index in [0.29, 0.717) is 19.0 Å². The minimum Gasteiger partial charge on any atom is -0.474 e. The van der Waals surface area contributed by atoms with Crippen LogP contribution in [0.1, 0.15) is 18.2 Å². The molecule has 3 nitrogen and oxygen atoms in total. The molecule has 1 aromatic carbocycles. The number of hydrogen-bond acceptors (Lipinski definition) is 3. The number of rotatable bonds is 6. The highest BCUT2D eigenvalue weighted by Crippen LogP contribution is 2.17. The van der Waals surface area contributed by atoms with Gasteiger partial charge in [0.2, 0.25) is 5.90 Å². The van der Waals surface area contributed by atoms with E-state index in [-0.39, 0.29) is 11.9 Å². The van der Waals surface area contributed by atoms with Crippen molar-refractivity contribution in [1.82, 2.24) is 4.57 Å². The van der Waals surface area contributed by atoms with Gasteiger partial charge in [-0.15, -0.1) is 0 Å². The molecule has 1 aliphatic rings. The molecule has 0 saturated heterocycles. The van der Waals surface area contributed by atoms with Gasteiger partial charge in [-0.05, 0) is 35.6 Å². The molecule has 0 radical (unpaired) electrons. The highest BCUT2D eigenvalue weighted by Gasteiger charge is 2.21. The van der Waals surface area contributed by atoms with Gasteiger partial charge in [0.05, 0.1) is 6.04 Å². The lowest BCUT2D eigenvalue weighted by atomic mass is 10.2. The lowest BCUT2D eigenvalue weighted by Crippen LogP contribution is -2.11. The first kappa shape index (κ1) is 15.2. The number of benzene rings is 1. The molecule has 1 aromatic heterocycles. The van der Waals surface area contributed by atoms with Crippen molar-refractivity contribution in [3.05, 3.63) is 59.7 Å². The Bertz CT molecular complexity index is 651. The van der Waals surface area contributed by atoms with Gasteiger partial charge in [-0.2, -0.15) is 11.8 Å². The van der Waals surface area contributed by atoms with E-state index in [1.54, 1.807) is 12.1 Å². The molecule has 1 unspecified atom stereocenters. The van der Waals surface area contributed by atoms with E-state index < -0.39 is 0 Å². The van der Waals surface area contributed by atoms with Crippen molar-refractivity contribution >= 4 is 17.7 Å². The Morgan fingerprint density at radius 1 is 1.32 bits per heavy atom. The van der Waals surface area contributed by atoms with Crippen LogP contribution >= 0.6 is 11.8 Å². The summed E-state index contributed by atoms with van der Waals surface area (Å²) >= 11 is 1.88. The fourth-order valence-corrected chi connectivity index (χ4v) is 3.11. The van der Waals surface area contributed by atoms with Crippen molar-refractivity contribution in [3.63, 3.8) is 0 Å². The first-order chi connectivity index (χ1) is 10.8. The summed E-state index contributed by atoms with van der Waals surface area (Å²) in [7, 11) is 0. The van der Waals surface area contributed by atoms with Crippen molar-refractivity contribution < 1.29 is 9.13 Å². The molecule has 0 saturated carbocycles. The van der Waals surface area contributed by atoms with Gasteiger partial charge in [0.1, 0.15) is 18.1 Å². The van der Waals surface area contributed by atoms with Gasteiger partial charge in [0.15, 0.2) is 0 Å². The van der Waals surface area contributed by atoms with Crippen LogP contribution < -0.4 is 0 Å². The van der Waals surface area contributed by atoms with Gasteiger partial charge in [0, 0.05) is 18.5 Å².